The molecule has 1 aliphatic heterocycles. The van der Waals surface area contributed by atoms with E-state index in [1.165, 1.54) is 7.11 Å². The Bertz CT molecular complexity index is 751. The molecule has 0 aliphatic carbocycles. The van der Waals surface area contributed by atoms with Gasteiger partial charge in [-0.1, -0.05) is 17.7 Å². The zero-order valence-electron chi connectivity index (χ0n) is 13.8. The number of carbonyl (C=O) groups is 1. The van der Waals surface area contributed by atoms with Crippen LogP contribution in [-0.4, -0.2) is 41.2 Å². The number of nitrogens with one attached hydrogen (secondary N) is 2. The average Bonchev–Trinajstić information content (AvgIpc) is 3.14. The summed E-state index contributed by atoms with van der Waals surface area (Å²) in [7, 11) is 1.51. The maximum atomic E-state index is 12.0. The molecule has 9 heteroatoms. The number of halogens is 1. The Hall–Kier alpha value is -2.61. The summed E-state index contributed by atoms with van der Waals surface area (Å²) in [5.74, 6) is 1.02. The van der Waals surface area contributed by atoms with Crippen LogP contribution in [-0.2, 0) is 6.54 Å². The molecule has 8 nitrogen and oxygen atoms in total. The SMILES string of the molecule is COc1nc(CNC(=O)Nc2cccc(Cl)c2)nc(N2CCCC2)n1. The second-order valence-corrected chi connectivity index (χ2v) is 5.99. The smallest absolute Gasteiger partial charge is 0.321 e. The van der Waals surface area contributed by atoms with E-state index in [4.69, 9.17) is 16.3 Å². The molecule has 1 fully saturated rings. The molecular weight excluding hydrogens is 344 g/mol. The lowest BCUT2D eigenvalue weighted by molar-refractivity contribution is 0.251. The summed E-state index contributed by atoms with van der Waals surface area (Å²) in [6.07, 6.45) is 2.23. The van der Waals surface area contributed by atoms with Crippen LogP contribution in [0.4, 0.5) is 16.4 Å². The molecule has 3 rings (SSSR count). The molecule has 1 saturated heterocycles. The average molecular weight is 363 g/mol. The van der Waals surface area contributed by atoms with Crippen LogP contribution in [0.2, 0.25) is 5.02 Å². The number of hydrogen-bond acceptors (Lipinski definition) is 6. The Balaban J connectivity index is 1.63. The maximum Gasteiger partial charge on any atom is 0.321 e. The van der Waals surface area contributed by atoms with Crippen molar-refractivity contribution < 1.29 is 9.53 Å². The normalized spacial score (nSPS) is 13.6. The summed E-state index contributed by atoms with van der Waals surface area (Å²) < 4.78 is 5.14. The standard InChI is InChI=1S/C16H19ClN6O2/c1-25-16-21-13(20-14(22-16)23-7-2-3-8-23)10-18-15(24)19-12-6-4-5-11(17)9-12/h4-6,9H,2-3,7-8,10H2,1H3,(H2,18,19,24). The van der Waals surface area contributed by atoms with Gasteiger partial charge in [-0.05, 0) is 31.0 Å². The van der Waals surface area contributed by atoms with E-state index in [1.807, 2.05) is 0 Å². The second kappa shape index (κ2) is 7.98. The van der Waals surface area contributed by atoms with Gasteiger partial charge >= 0.3 is 12.0 Å². The number of rotatable bonds is 5. The number of methoxy groups -OCH3 is 1. The number of carbonyl (C=O) groups excluding carboxylic acids is 1. The summed E-state index contributed by atoms with van der Waals surface area (Å²) in [5, 5.41) is 5.97. The minimum Gasteiger partial charge on any atom is -0.467 e. The Morgan fingerprint density at radius 3 is 2.80 bits per heavy atom. The fourth-order valence-electron chi connectivity index (χ4n) is 2.52. The second-order valence-electron chi connectivity index (χ2n) is 5.55. The first-order chi connectivity index (χ1) is 12.1. The van der Waals surface area contributed by atoms with E-state index >= 15 is 0 Å². The van der Waals surface area contributed by atoms with Gasteiger partial charge in [0.05, 0.1) is 13.7 Å². The molecule has 2 amide bonds. The number of anilines is 2. The van der Waals surface area contributed by atoms with Crippen molar-refractivity contribution >= 4 is 29.3 Å². The number of urea groups is 1. The largest absolute Gasteiger partial charge is 0.467 e. The molecular formula is C16H19ClN6O2. The van der Waals surface area contributed by atoms with E-state index in [-0.39, 0.29) is 18.6 Å². The molecule has 2 heterocycles. The lowest BCUT2D eigenvalue weighted by atomic mass is 10.3. The lowest BCUT2D eigenvalue weighted by Gasteiger charge is -2.16. The predicted octanol–water partition coefficient (Wildman–Crippen LogP) is 2.46. The third-order valence-electron chi connectivity index (χ3n) is 3.71. The number of nitrogens with zero attached hydrogens (tertiary/aromatic N) is 4. The Morgan fingerprint density at radius 1 is 1.28 bits per heavy atom. The zero-order chi connectivity index (χ0) is 17.6. The number of aromatic nitrogens is 3. The molecule has 2 N–H and O–H groups in total. The van der Waals surface area contributed by atoms with Gasteiger partial charge in [0.25, 0.3) is 0 Å². The number of ether oxygens (including phenoxy) is 1. The quantitative estimate of drug-likeness (QED) is 0.848. The van der Waals surface area contributed by atoms with Crippen molar-refractivity contribution in [2.45, 2.75) is 19.4 Å². The molecule has 1 aromatic heterocycles. The van der Waals surface area contributed by atoms with Gasteiger partial charge in [-0.25, -0.2) is 4.79 Å². The Kier molecular flexibility index (Phi) is 5.49. The lowest BCUT2D eigenvalue weighted by Crippen LogP contribution is -2.29. The molecule has 2 aromatic rings. The van der Waals surface area contributed by atoms with E-state index < -0.39 is 0 Å². The molecule has 0 atom stereocenters. The number of benzene rings is 1. The molecule has 132 valence electrons. The van der Waals surface area contributed by atoms with Gasteiger partial charge in [0, 0.05) is 23.8 Å². The molecule has 25 heavy (non-hydrogen) atoms. The summed E-state index contributed by atoms with van der Waals surface area (Å²) in [4.78, 5) is 27.0. The molecule has 1 aliphatic rings. The third kappa shape index (κ3) is 4.69. The van der Waals surface area contributed by atoms with E-state index in [2.05, 4.69) is 30.5 Å². The third-order valence-corrected chi connectivity index (χ3v) is 3.95. The first-order valence-corrected chi connectivity index (χ1v) is 8.36. The minimum atomic E-state index is -0.371. The van der Waals surface area contributed by atoms with Gasteiger partial charge in [-0.3, -0.25) is 0 Å². The van der Waals surface area contributed by atoms with Crippen LogP contribution in [0.3, 0.4) is 0 Å². The van der Waals surface area contributed by atoms with Gasteiger partial charge in [0.1, 0.15) is 0 Å². The zero-order valence-corrected chi connectivity index (χ0v) is 14.6. The van der Waals surface area contributed by atoms with Crippen LogP contribution in [0, 0.1) is 0 Å². The van der Waals surface area contributed by atoms with E-state index in [9.17, 15) is 4.79 Å². The van der Waals surface area contributed by atoms with Crippen molar-refractivity contribution in [2.75, 3.05) is 30.4 Å². The predicted molar refractivity (Wildman–Crippen MR) is 95.1 cm³/mol. The summed E-state index contributed by atoms with van der Waals surface area (Å²) in [6.45, 7) is 1.98. The highest BCUT2D eigenvalue weighted by atomic mass is 35.5. The monoisotopic (exact) mass is 362 g/mol. The Morgan fingerprint density at radius 2 is 2.08 bits per heavy atom. The van der Waals surface area contributed by atoms with Crippen LogP contribution in [0.5, 0.6) is 6.01 Å². The topological polar surface area (TPSA) is 92.3 Å². The van der Waals surface area contributed by atoms with Crippen molar-refractivity contribution in [1.82, 2.24) is 20.3 Å². The fraction of sp³-hybridized carbons (Fsp3) is 0.375. The van der Waals surface area contributed by atoms with Crippen LogP contribution in [0.1, 0.15) is 18.7 Å². The summed E-state index contributed by atoms with van der Waals surface area (Å²) >= 11 is 5.90. The molecule has 0 saturated carbocycles. The number of amides is 2. The molecule has 0 radical (unpaired) electrons. The first kappa shape index (κ1) is 17.2. The van der Waals surface area contributed by atoms with Gasteiger partial charge in [0.15, 0.2) is 5.82 Å². The van der Waals surface area contributed by atoms with Gasteiger partial charge < -0.3 is 20.3 Å². The van der Waals surface area contributed by atoms with E-state index in [0.717, 1.165) is 25.9 Å². The van der Waals surface area contributed by atoms with Crippen LogP contribution in [0.15, 0.2) is 24.3 Å². The van der Waals surface area contributed by atoms with Gasteiger partial charge in [-0.2, -0.15) is 15.0 Å². The molecule has 0 bridgehead atoms. The van der Waals surface area contributed by atoms with Gasteiger partial charge in [0.2, 0.25) is 5.95 Å². The Labute approximate surface area is 150 Å². The fourth-order valence-corrected chi connectivity index (χ4v) is 2.71. The molecule has 1 aromatic carbocycles. The van der Waals surface area contributed by atoms with Crippen molar-refractivity contribution in [2.24, 2.45) is 0 Å². The van der Waals surface area contributed by atoms with Crippen LogP contribution < -0.4 is 20.3 Å². The highest BCUT2D eigenvalue weighted by Gasteiger charge is 2.17. The summed E-state index contributed by atoms with van der Waals surface area (Å²) in [5.41, 5.74) is 0.607. The van der Waals surface area contributed by atoms with Crippen molar-refractivity contribution in [3.8, 4) is 6.01 Å². The van der Waals surface area contributed by atoms with Crippen molar-refractivity contribution in [1.29, 1.82) is 0 Å². The van der Waals surface area contributed by atoms with Crippen molar-refractivity contribution in [3.05, 3.63) is 35.1 Å². The van der Waals surface area contributed by atoms with Crippen LogP contribution >= 0.6 is 11.6 Å². The highest BCUT2D eigenvalue weighted by Crippen LogP contribution is 2.18. The highest BCUT2D eigenvalue weighted by molar-refractivity contribution is 6.30. The molecule has 0 spiro atoms. The maximum absolute atomic E-state index is 12.0. The van der Waals surface area contributed by atoms with E-state index in [1.54, 1.807) is 24.3 Å². The first-order valence-electron chi connectivity index (χ1n) is 7.98. The van der Waals surface area contributed by atoms with Crippen LogP contribution in [0.25, 0.3) is 0 Å². The summed E-state index contributed by atoms with van der Waals surface area (Å²) in [6, 6.07) is 6.79. The van der Waals surface area contributed by atoms with Crippen molar-refractivity contribution in [3.63, 3.8) is 0 Å². The van der Waals surface area contributed by atoms with E-state index in [0.29, 0.717) is 22.5 Å². The minimum absolute atomic E-state index is 0.159. The molecule has 0 unspecified atom stereocenters. The van der Waals surface area contributed by atoms with Gasteiger partial charge in [-0.15, -0.1) is 0 Å². The number of hydrogen-bond donors (Lipinski definition) is 2.